The number of nitriles is 1. The van der Waals surface area contributed by atoms with Crippen LogP contribution < -0.4 is 54.8 Å². The molecule has 134 heavy (non-hydrogen) atoms. The molecule has 2 bridgehead atoms. The van der Waals surface area contributed by atoms with Crippen molar-refractivity contribution in [1.82, 2.24) is 25.8 Å². The van der Waals surface area contributed by atoms with Crippen LogP contribution in [0.4, 0.5) is 0 Å². The number of amides is 2. The number of hydrogen-bond acceptors (Lipinski definition) is 23. The van der Waals surface area contributed by atoms with Crippen molar-refractivity contribution in [2.45, 2.75) is 207 Å². The van der Waals surface area contributed by atoms with Gasteiger partial charge in [-0.2, -0.15) is 5.26 Å². The Morgan fingerprint density at radius 2 is 0.933 bits per heavy atom. The minimum absolute atomic E-state index is 0.0914. The summed E-state index contributed by atoms with van der Waals surface area (Å²) >= 11 is 3.07. The Hall–Kier alpha value is -11.1. The van der Waals surface area contributed by atoms with Crippen LogP contribution in [0.1, 0.15) is 160 Å². The van der Waals surface area contributed by atoms with E-state index < -0.39 is 0 Å². The largest absolute Gasteiger partial charge is 0.496 e. The van der Waals surface area contributed by atoms with Gasteiger partial charge in [0, 0.05) is 80.3 Å². The monoisotopic (exact) mass is 1910 g/mol. The number of esters is 4. The van der Waals surface area contributed by atoms with Crippen molar-refractivity contribution in [3.05, 3.63) is 233 Å². The maximum Gasteiger partial charge on any atom is 0.319 e. The van der Waals surface area contributed by atoms with E-state index in [1.165, 1.54) is 27.8 Å². The van der Waals surface area contributed by atoms with Gasteiger partial charge in [-0.05, 0) is 204 Å². The van der Waals surface area contributed by atoms with E-state index in [-0.39, 0.29) is 82.5 Å². The van der Waals surface area contributed by atoms with Gasteiger partial charge in [-0.1, -0.05) is 210 Å². The highest BCUT2D eigenvalue weighted by Crippen LogP contribution is 2.50. The number of halogens is 1. The van der Waals surface area contributed by atoms with Crippen LogP contribution in [0, 0.1) is 46.8 Å². The number of benzene rings is 7. The highest BCUT2D eigenvalue weighted by Gasteiger charge is 2.49. The molecule has 1 aliphatic carbocycles. The molecule has 0 spiro atoms. The molecular formula is C108H150BrN7O18. The highest BCUT2D eigenvalue weighted by atomic mass is 79.9. The fourth-order valence-electron chi connectivity index (χ4n) is 17.1. The first-order valence-corrected chi connectivity index (χ1v) is 47.6. The number of carbonyl (C=O) groups is 7. The SMILES string of the molecule is C=C1CCN(C=O)C(Cc2ccccc2OC)C1C.C=C1CCNC(Cc2ccccc2OC)C1C.CCOC(=O)C(C)Br.CCOC(=O)C(C)C(N)Cc1ccccc1OC.CCOC(=O)CCNC(Cc1ccccc1OC)C(C)C(=O)OCC.COc1cccc2c1CC1C(C)C2(C)CCN1C=O.COc1ccccc1CC#N.COc1ccccc1CC1NCCC(=O)C1C. The van der Waals surface area contributed by atoms with Gasteiger partial charge in [0.05, 0.1) is 107 Å². The van der Waals surface area contributed by atoms with Gasteiger partial charge in [-0.25, -0.2) is 0 Å². The summed E-state index contributed by atoms with van der Waals surface area (Å²) in [4.78, 5) is 83.6. The molecule has 14 unspecified atom stereocenters. The van der Waals surface area contributed by atoms with Gasteiger partial charge >= 0.3 is 23.9 Å². The number of likely N-dealkylation sites (tertiary alicyclic amines) is 2. The summed E-state index contributed by atoms with van der Waals surface area (Å²) in [5.41, 5.74) is 18.0. The number of ether oxygens (including phenoxy) is 11. The van der Waals surface area contributed by atoms with Gasteiger partial charge in [0.25, 0.3) is 0 Å². The van der Waals surface area contributed by atoms with E-state index >= 15 is 0 Å². The Morgan fingerprint density at radius 3 is 1.40 bits per heavy atom. The lowest BCUT2D eigenvalue weighted by Gasteiger charge is -2.53. The predicted molar refractivity (Wildman–Crippen MR) is 533 cm³/mol. The molecule has 2 amide bonds. The lowest BCUT2D eigenvalue weighted by molar-refractivity contribution is -0.149. The van der Waals surface area contributed by atoms with Crippen LogP contribution in [0.3, 0.4) is 0 Å². The first kappa shape index (κ1) is 113. The molecule has 12 rings (SSSR count). The molecule has 7 aromatic carbocycles. The molecule has 5 aliphatic rings. The summed E-state index contributed by atoms with van der Waals surface area (Å²) in [6.45, 7) is 37.3. The van der Waals surface area contributed by atoms with Gasteiger partial charge in [0.1, 0.15) is 50.9 Å². The molecule has 4 aliphatic heterocycles. The zero-order valence-electron chi connectivity index (χ0n) is 82.7. The Bertz CT molecular complexity index is 4730. The van der Waals surface area contributed by atoms with E-state index in [0.29, 0.717) is 94.3 Å². The van der Waals surface area contributed by atoms with Crippen molar-refractivity contribution in [3.63, 3.8) is 0 Å². The quantitative estimate of drug-likeness (QED) is 0.00976. The number of nitrogens with zero attached hydrogens (tertiary/aromatic N) is 3. The average molecular weight is 1910 g/mol. The highest BCUT2D eigenvalue weighted by molar-refractivity contribution is 9.10. The molecule has 732 valence electrons. The molecule has 26 heteroatoms. The van der Waals surface area contributed by atoms with Crippen molar-refractivity contribution in [2.75, 3.05) is 109 Å². The van der Waals surface area contributed by atoms with Crippen molar-refractivity contribution in [2.24, 2.45) is 41.2 Å². The third-order valence-corrected chi connectivity index (χ3v) is 26.1. The number of carbonyl (C=O) groups excluding carboxylic acids is 7. The van der Waals surface area contributed by atoms with E-state index in [1.807, 2.05) is 151 Å². The normalized spacial score (nSPS) is 20.0. The summed E-state index contributed by atoms with van der Waals surface area (Å²) in [7, 11) is 11.7. The summed E-state index contributed by atoms with van der Waals surface area (Å²) in [6.07, 6.45) is 11.1. The number of alkyl halides is 1. The molecule has 0 radical (unpaired) electrons. The molecule has 14 atom stereocenters. The maximum absolute atomic E-state index is 12.1. The smallest absolute Gasteiger partial charge is 0.319 e. The fourth-order valence-corrected chi connectivity index (χ4v) is 17.2. The second-order valence-corrected chi connectivity index (χ2v) is 35.3. The molecule has 7 aromatic rings. The van der Waals surface area contributed by atoms with Crippen LogP contribution >= 0.6 is 15.9 Å². The van der Waals surface area contributed by atoms with Gasteiger partial charge in [0.15, 0.2) is 0 Å². The number of hydrogen-bond donors (Lipinski definition) is 4. The van der Waals surface area contributed by atoms with E-state index in [4.69, 9.17) is 58.4 Å². The zero-order valence-corrected chi connectivity index (χ0v) is 84.2. The van der Waals surface area contributed by atoms with Crippen LogP contribution in [0.2, 0.25) is 0 Å². The van der Waals surface area contributed by atoms with Crippen LogP contribution in [0.15, 0.2) is 188 Å². The van der Waals surface area contributed by atoms with Crippen molar-refractivity contribution in [3.8, 4) is 46.3 Å². The maximum atomic E-state index is 12.1. The second kappa shape index (κ2) is 61.0. The summed E-state index contributed by atoms with van der Waals surface area (Å²) in [6, 6.07) is 56.3. The van der Waals surface area contributed by atoms with Gasteiger partial charge in [-0.15, -0.1) is 0 Å². The molecular weight excluding hydrogens is 1760 g/mol. The predicted octanol–water partition coefficient (Wildman–Crippen LogP) is 16.8. The lowest BCUT2D eigenvalue weighted by atomic mass is 9.59. The molecule has 4 fully saturated rings. The molecule has 5 N–H and O–H groups in total. The van der Waals surface area contributed by atoms with Crippen molar-refractivity contribution in [1.29, 1.82) is 5.26 Å². The number of nitrogens with two attached hydrogens (primary N) is 1. The molecule has 0 aromatic heterocycles. The summed E-state index contributed by atoms with van der Waals surface area (Å²) in [5, 5.41) is 18.7. The minimum Gasteiger partial charge on any atom is -0.496 e. The van der Waals surface area contributed by atoms with Crippen LogP contribution in [0.5, 0.6) is 40.2 Å². The second-order valence-electron chi connectivity index (χ2n) is 33.9. The number of methoxy groups -OCH3 is 7. The summed E-state index contributed by atoms with van der Waals surface area (Å²) < 4.78 is 57.0. The molecule has 4 heterocycles. The Labute approximate surface area is 806 Å². The number of piperidine rings is 4. The Kier molecular flexibility index (Phi) is 51.7. The first-order chi connectivity index (χ1) is 64.4. The lowest BCUT2D eigenvalue weighted by Crippen LogP contribution is -2.57. The Balaban J connectivity index is 0.000000275. The van der Waals surface area contributed by atoms with Crippen LogP contribution in [0.25, 0.3) is 0 Å². The Morgan fingerprint density at radius 1 is 0.522 bits per heavy atom. The number of nitrogens with one attached hydrogen (secondary N) is 3. The minimum atomic E-state index is -0.355. The van der Waals surface area contributed by atoms with Gasteiger partial charge in [-0.3, -0.25) is 33.6 Å². The van der Waals surface area contributed by atoms with E-state index in [0.717, 1.165) is 152 Å². The number of rotatable bonds is 33. The number of fused-ring (bicyclic) bond motifs is 4. The average Bonchev–Trinajstić information content (AvgIpc) is 0.727. The number of Topliss-reactive ketones (excluding diaryl/α,β-unsaturated/α-hetero) is 1. The van der Waals surface area contributed by atoms with Crippen molar-refractivity contribution >= 4 is 58.4 Å². The van der Waals surface area contributed by atoms with E-state index in [1.54, 1.807) is 91.3 Å². The first-order valence-electron chi connectivity index (χ1n) is 46.7. The third-order valence-electron chi connectivity index (χ3n) is 25.7. The summed E-state index contributed by atoms with van der Waals surface area (Å²) in [5.74, 6) is 6.26. The number of ketones is 1. The van der Waals surface area contributed by atoms with Gasteiger partial charge < -0.3 is 83.6 Å². The molecule has 4 saturated heterocycles. The van der Waals surface area contributed by atoms with Crippen molar-refractivity contribution < 1.29 is 85.7 Å². The number of para-hydroxylation sites is 6. The van der Waals surface area contributed by atoms with Crippen LogP contribution in [-0.2, 0) is 103 Å². The molecule has 0 saturated carbocycles. The van der Waals surface area contributed by atoms with Gasteiger partial charge in [0.2, 0.25) is 12.8 Å². The van der Waals surface area contributed by atoms with Crippen LogP contribution in [-0.4, -0.2) is 202 Å². The van der Waals surface area contributed by atoms with E-state index in [2.05, 4.69) is 120 Å². The topological polar surface area (TPSA) is 313 Å². The third kappa shape index (κ3) is 35.0. The zero-order chi connectivity index (χ0) is 98.8. The molecule has 25 nitrogen and oxygen atoms in total. The van der Waals surface area contributed by atoms with E-state index in [9.17, 15) is 33.6 Å². The fraction of sp³-hybridized carbons (Fsp3) is 0.500. The standard InChI is InChI=1S/C19H29NO5.2C16H21NO2.C15H21NO.C14H21NO3.C14H19NO2.C9H9NO.C5H9BrO2/c1-5-24-18(21)11-12-20-16(14(3)19(22)25-6-2)13-15-9-7-8-10-17(15)23-4;1-11-14-9-12-13(5-4-6-15(12)19-3)16(11,2)7-8-17(14)10-18;1-12-8-9-17(11-18)15(13(12)2)10-14-6-4-5-7-16(14)19-3;1-11-8-9-16-14(12(11)2)10-13-6-4-5-7-15(13)17-3;1-4-18-14(16)10(2)12(15)9-11-7-5-6-8-13(11)17-3;1-10-12(15-8-7-13(10)16)9-11-5-3-4-6-14(11)17-2;1-11-9-5-3-2-4-8(9)6-7-10;1-3-8-5(7)4(2)6/h7-10,14,16,20H,5-6,11-13H2,1-4H3;4-6,10-11,14H,7-9H2,1-3H3;4-7,11,13,15H,1,8-10H2,2-3H3;4-7,12,14,16H,1,8-10H2,2-3H3;5-8,10,12H,4,9,15H2,1-3H3;3-6,10,12,15H,7-9H2,1-2H3;2-5H,6H2,1H3;4H,3H2,1-2H3.